The van der Waals surface area contributed by atoms with Crippen LogP contribution in [0.1, 0.15) is 26.2 Å². The molecule has 0 radical (unpaired) electrons. The Hall–Kier alpha value is -0.610. The van der Waals surface area contributed by atoms with Crippen LogP contribution in [0.3, 0.4) is 0 Å². The molecule has 0 bridgehead atoms. The highest BCUT2D eigenvalue weighted by atomic mass is 16.5. The minimum absolute atomic E-state index is 0.160. The molecule has 4 nitrogen and oxygen atoms in total. The van der Waals surface area contributed by atoms with Gasteiger partial charge in [0.2, 0.25) is 5.91 Å². The molecule has 16 heavy (non-hydrogen) atoms. The van der Waals surface area contributed by atoms with Crippen molar-refractivity contribution in [1.82, 2.24) is 10.6 Å². The van der Waals surface area contributed by atoms with E-state index in [1.165, 1.54) is 12.8 Å². The SMILES string of the molecule is CC1(C(=O)NCCOCC2CC2)CCNC1. The maximum Gasteiger partial charge on any atom is 0.227 e. The van der Waals surface area contributed by atoms with Gasteiger partial charge in [-0.15, -0.1) is 0 Å². The lowest BCUT2D eigenvalue weighted by atomic mass is 9.89. The predicted molar refractivity (Wildman–Crippen MR) is 62.1 cm³/mol. The third-order valence-electron chi connectivity index (χ3n) is 3.50. The van der Waals surface area contributed by atoms with Crippen LogP contribution in [-0.4, -0.2) is 38.8 Å². The lowest BCUT2D eigenvalue weighted by molar-refractivity contribution is -0.129. The highest BCUT2D eigenvalue weighted by molar-refractivity contribution is 5.82. The van der Waals surface area contributed by atoms with E-state index in [0.29, 0.717) is 13.2 Å². The predicted octanol–water partition coefficient (Wildman–Crippen LogP) is 0.529. The molecule has 1 atom stereocenters. The standard InChI is InChI=1S/C12H22N2O2/c1-12(4-5-13-9-12)11(15)14-6-7-16-8-10-2-3-10/h10,13H,2-9H2,1H3,(H,14,15). The molecule has 1 saturated carbocycles. The lowest BCUT2D eigenvalue weighted by Crippen LogP contribution is -2.41. The summed E-state index contributed by atoms with van der Waals surface area (Å²) in [6.07, 6.45) is 3.56. The molecule has 1 heterocycles. The zero-order valence-electron chi connectivity index (χ0n) is 10.1. The van der Waals surface area contributed by atoms with Crippen LogP contribution in [0.2, 0.25) is 0 Å². The monoisotopic (exact) mass is 226 g/mol. The molecule has 0 spiro atoms. The van der Waals surface area contributed by atoms with Crippen molar-refractivity contribution in [2.24, 2.45) is 11.3 Å². The first-order valence-corrected chi connectivity index (χ1v) is 6.27. The summed E-state index contributed by atoms with van der Waals surface area (Å²) in [7, 11) is 0. The van der Waals surface area contributed by atoms with Gasteiger partial charge in [0.05, 0.1) is 12.0 Å². The number of carbonyl (C=O) groups excluding carboxylic acids is 1. The Balaban J connectivity index is 1.55. The minimum atomic E-state index is -0.212. The van der Waals surface area contributed by atoms with Crippen LogP contribution in [0, 0.1) is 11.3 Å². The molecular formula is C12H22N2O2. The van der Waals surface area contributed by atoms with Gasteiger partial charge in [-0.25, -0.2) is 0 Å². The highest BCUT2D eigenvalue weighted by Gasteiger charge is 2.35. The van der Waals surface area contributed by atoms with E-state index in [0.717, 1.165) is 32.0 Å². The van der Waals surface area contributed by atoms with Crippen molar-refractivity contribution in [3.05, 3.63) is 0 Å². The molecule has 2 rings (SSSR count). The van der Waals surface area contributed by atoms with Crippen LogP contribution in [0.4, 0.5) is 0 Å². The van der Waals surface area contributed by atoms with Gasteiger partial charge in [-0.2, -0.15) is 0 Å². The van der Waals surface area contributed by atoms with E-state index in [9.17, 15) is 4.79 Å². The second kappa shape index (κ2) is 5.15. The molecule has 1 amide bonds. The van der Waals surface area contributed by atoms with E-state index in [-0.39, 0.29) is 11.3 Å². The number of ether oxygens (including phenoxy) is 1. The number of nitrogens with one attached hydrogen (secondary N) is 2. The zero-order valence-corrected chi connectivity index (χ0v) is 10.1. The number of amides is 1. The molecule has 92 valence electrons. The van der Waals surface area contributed by atoms with Crippen LogP contribution in [0.5, 0.6) is 0 Å². The second-order valence-electron chi connectivity index (χ2n) is 5.26. The van der Waals surface area contributed by atoms with Gasteiger partial charge in [0.25, 0.3) is 0 Å². The fourth-order valence-electron chi connectivity index (χ4n) is 2.00. The second-order valence-corrected chi connectivity index (χ2v) is 5.26. The first kappa shape index (κ1) is 11.9. The van der Waals surface area contributed by atoms with Gasteiger partial charge < -0.3 is 15.4 Å². The van der Waals surface area contributed by atoms with Crippen molar-refractivity contribution in [3.8, 4) is 0 Å². The third kappa shape index (κ3) is 3.19. The summed E-state index contributed by atoms with van der Waals surface area (Å²) in [4.78, 5) is 11.9. The Morgan fingerprint density at radius 2 is 2.38 bits per heavy atom. The third-order valence-corrected chi connectivity index (χ3v) is 3.50. The average molecular weight is 226 g/mol. The van der Waals surface area contributed by atoms with E-state index >= 15 is 0 Å². The molecule has 4 heteroatoms. The van der Waals surface area contributed by atoms with Crippen molar-refractivity contribution in [3.63, 3.8) is 0 Å². The van der Waals surface area contributed by atoms with Gasteiger partial charge in [0.1, 0.15) is 0 Å². The number of hydrogen-bond donors (Lipinski definition) is 2. The van der Waals surface area contributed by atoms with Crippen molar-refractivity contribution in [1.29, 1.82) is 0 Å². The molecule has 2 N–H and O–H groups in total. The normalized spacial score (nSPS) is 29.3. The van der Waals surface area contributed by atoms with Gasteiger partial charge in [0, 0.05) is 19.7 Å². The molecule has 0 aromatic carbocycles. The number of carbonyl (C=O) groups is 1. The highest BCUT2D eigenvalue weighted by Crippen LogP contribution is 2.28. The maximum atomic E-state index is 11.9. The molecular weight excluding hydrogens is 204 g/mol. The molecule has 1 aliphatic carbocycles. The quantitative estimate of drug-likeness (QED) is 0.650. The zero-order chi connectivity index (χ0) is 11.4. The first-order chi connectivity index (χ1) is 7.71. The molecule has 2 aliphatic rings. The Kier molecular flexibility index (Phi) is 3.82. The summed E-state index contributed by atoms with van der Waals surface area (Å²) in [6.45, 7) is 5.92. The molecule has 0 aromatic rings. The van der Waals surface area contributed by atoms with Crippen LogP contribution < -0.4 is 10.6 Å². The summed E-state index contributed by atoms with van der Waals surface area (Å²) in [5.41, 5.74) is -0.212. The van der Waals surface area contributed by atoms with Crippen molar-refractivity contribution in [2.45, 2.75) is 26.2 Å². The van der Waals surface area contributed by atoms with Crippen LogP contribution in [0.25, 0.3) is 0 Å². The Morgan fingerprint density at radius 1 is 1.56 bits per heavy atom. The fourth-order valence-corrected chi connectivity index (χ4v) is 2.00. The Labute approximate surface area is 97.1 Å². The molecule has 2 fully saturated rings. The van der Waals surface area contributed by atoms with Crippen molar-refractivity contribution >= 4 is 5.91 Å². The smallest absolute Gasteiger partial charge is 0.227 e. The van der Waals surface area contributed by atoms with Gasteiger partial charge in [-0.1, -0.05) is 0 Å². The van der Waals surface area contributed by atoms with Crippen LogP contribution in [-0.2, 0) is 9.53 Å². The summed E-state index contributed by atoms with van der Waals surface area (Å²) in [6, 6.07) is 0. The average Bonchev–Trinajstić information content (AvgIpc) is 2.99. The lowest BCUT2D eigenvalue weighted by Gasteiger charge is -2.21. The number of hydrogen-bond acceptors (Lipinski definition) is 3. The molecule has 1 aliphatic heterocycles. The van der Waals surface area contributed by atoms with E-state index in [1.54, 1.807) is 0 Å². The Morgan fingerprint density at radius 3 is 3.00 bits per heavy atom. The van der Waals surface area contributed by atoms with Crippen molar-refractivity contribution < 1.29 is 9.53 Å². The minimum Gasteiger partial charge on any atom is -0.379 e. The van der Waals surface area contributed by atoms with E-state index in [1.807, 2.05) is 6.92 Å². The van der Waals surface area contributed by atoms with Crippen LogP contribution in [0.15, 0.2) is 0 Å². The largest absolute Gasteiger partial charge is 0.379 e. The molecule has 1 unspecified atom stereocenters. The topological polar surface area (TPSA) is 50.4 Å². The molecule has 1 saturated heterocycles. The summed E-state index contributed by atoms with van der Waals surface area (Å²) in [5, 5.41) is 6.18. The maximum absolute atomic E-state index is 11.9. The van der Waals surface area contributed by atoms with Gasteiger partial charge in [0.15, 0.2) is 0 Å². The van der Waals surface area contributed by atoms with E-state index in [2.05, 4.69) is 10.6 Å². The Bertz CT molecular complexity index is 245. The first-order valence-electron chi connectivity index (χ1n) is 6.27. The van der Waals surface area contributed by atoms with E-state index in [4.69, 9.17) is 4.74 Å². The summed E-state index contributed by atoms with van der Waals surface area (Å²) >= 11 is 0. The van der Waals surface area contributed by atoms with E-state index < -0.39 is 0 Å². The fraction of sp³-hybridized carbons (Fsp3) is 0.917. The summed E-state index contributed by atoms with van der Waals surface area (Å²) < 4.78 is 5.47. The van der Waals surface area contributed by atoms with Gasteiger partial charge in [-0.05, 0) is 38.6 Å². The molecule has 0 aromatic heterocycles. The summed E-state index contributed by atoms with van der Waals surface area (Å²) in [5.74, 6) is 0.958. The van der Waals surface area contributed by atoms with Gasteiger partial charge in [-0.3, -0.25) is 4.79 Å². The van der Waals surface area contributed by atoms with Crippen molar-refractivity contribution in [2.75, 3.05) is 32.8 Å². The van der Waals surface area contributed by atoms with Gasteiger partial charge >= 0.3 is 0 Å². The van der Waals surface area contributed by atoms with Crippen LogP contribution >= 0.6 is 0 Å². The number of rotatable bonds is 6.